The van der Waals surface area contributed by atoms with Crippen LogP contribution in [0.15, 0.2) is 59.4 Å². The van der Waals surface area contributed by atoms with Gasteiger partial charge in [-0.25, -0.2) is 4.68 Å². The second-order valence-electron chi connectivity index (χ2n) is 6.50. The van der Waals surface area contributed by atoms with Crippen molar-refractivity contribution in [2.45, 2.75) is 13.3 Å². The summed E-state index contributed by atoms with van der Waals surface area (Å²) in [7, 11) is 0. The average molecular weight is 364 g/mol. The van der Waals surface area contributed by atoms with E-state index in [1.165, 1.54) is 0 Å². The topological polar surface area (TPSA) is 80.4 Å². The number of hydrogen-bond donors (Lipinski definition) is 1. The lowest BCUT2D eigenvalue weighted by atomic mass is 10.1. The first-order chi connectivity index (χ1) is 13.2. The van der Waals surface area contributed by atoms with Crippen molar-refractivity contribution >= 4 is 17.6 Å². The lowest BCUT2D eigenvalue weighted by molar-refractivity contribution is -0.128. The van der Waals surface area contributed by atoms with Gasteiger partial charge in [-0.2, -0.15) is 5.10 Å². The SMILES string of the molecule is CCN1CC(C(=O)Nc2cc(-c3ccoc3)nn2-c2ccccc2)CC1=O. The number of furan rings is 1. The molecule has 1 saturated heterocycles. The van der Waals surface area contributed by atoms with Crippen molar-refractivity contribution in [3.63, 3.8) is 0 Å². The second-order valence-corrected chi connectivity index (χ2v) is 6.50. The fourth-order valence-corrected chi connectivity index (χ4v) is 3.27. The Bertz CT molecular complexity index is 947. The largest absolute Gasteiger partial charge is 0.472 e. The molecule has 4 rings (SSSR count). The molecule has 1 aliphatic heterocycles. The van der Waals surface area contributed by atoms with Crippen LogP contribution in [0.2, 0.25) is 0 Å². The highest BCUT2D eigenvalue weighted by molar-refractivity contribution is 5.97. The van der Waals surface area contributed by atoms with E-state index in [-0.39, 0.29) is 24.2 Å². The Labute approximate surface area is 156 Å². The summed E-state index contributed by atoms with van der Waals surface area (Å²) < 4.78 is 6.83. The zero-order chi connectivity index (χ0) is 18.8. The van der Waals surface area contributed by atoms with Gasteiger partial charge in [-0.05, 0) is 25.1 Å². The van der Waals surface area contributed by atoms with Crippen LogP contribution in [-0.2, 0) is 9.59 Å². The number of nitrogens with one attached hydrogen (secondary N) is 1. The molecule has 138 valence electrons. The summed E-state index contributed by atoms with van der Waals surface area (Å²) in [5.41, 5.74) is 2.36. The van der Waals surface area contributed by atoms with Crippen LogP contribution >= 0.6 is 0 Å². The van der Waals surface area contributed by atoms with Gasteiger partial charge >= 0.3 is 0 Å². The number of carbonyl (C=O) groups excluding carboxylic acids is 2. The Morgan fingerprint density at radius 3 is 2.78 bits per heavy atom. The lowest BCUT2D eigenvalue weighted by Crippen LogP contribution is -2.28. The highest BCUT2D eigenvalue weighted by Crippen LogP contribution is 2.26. The summed E-state index contributed by atoms with van der Waals surface area (Å²) >= 11 is 0. The third-order valence-electron chi connectivity index (χ3n) is 4.75. The molecule has 3 heterocycles. The van der Waals surface area contributed by atoms with Gasteiger partial charge in [0.1, 0.15) is 5.82 Å². The average Bonchev–Trinajstić information content (AvgIpc) is 3.41. The normalized spacial score (nSPS) is 16.7. The van der Waals surface area contributed by atoms with E-state index in [1.54, 1.807) is 22.1 Å². The molecule has 1 N–H and O–H groups in total. The van der Waals surface area contributed by atoms with Crippen LogP contribution in [-0.4, -0.2) is 39.6 Å². The number of benzene rings is 1. The number of nitrogens with zero attached hydrogens (tertiary/aromatic N) is 3. The molecule has 7 heteroatoms. The number of rotatable bonds is 5. The van der Waals surface area contributed by atoms with Crippen molar-refractivity contribution in [1.29, 1.82) is 0 Å². The Balaban J connectivity index is 1.63. The fraction of sp³-hybridized carbons (Fsp3) is 0.250. The summed E-state index contributed by atoms with van der Waals surface area (Å²) in [6.07, 6.45) is 3.43. The maximum absolute atomic E-state index is 12.8. The van der Waals surface area contributed by atoms with E-state index in [1.807, 2.05) is 49.4 Å². The van der Waals surface area contributed by atoms with E-state index < -0.39 is 0 Å². The molecule has 1 fully saturated rings. The minimum atomic E-state index is -0.353. The van der Waals surface area contributed by atoms with Crippen molar-refractivity contribution in [2.75, 3.05) is 18.4 Å². The van der Waals surface area contributed by atoms with E-state index in [4.69, 9.17) is 4.42 Å². The van der Waals surface area contributed by atoms with Crippen LogP contribution < -0.4 is 5.32 Å². The first-order valence-electron chi connectivity index (χ1n) is 8.92. The Morgan fingerprint density at radius 1 is 1.30 bits per heavy atom. The monoisotopic (exact) mass is 364 g/mol. The lowest BCUT2D eigenvalue weighted by Gasteiger charge is -2.14. The molecule has 27 heavy (non-hydrogen) atoms. The van der Waals surface area contributed by atoms with Crippen molar-refractivity contribution < 1.29 is 14.0 Å². The van der Waals surface area contributed by atoms with E-state index in [0.717, 1.165) is 11.3 Å². The number of likely N-dealkylation sites (tertiary alicyclic amines) is 1. The molecule has 1 atom stereocenters. The van der Waals surface area contributed by atoms with E-state index in [2.05, 4.69) is 10.4 Å². The van der Waals surface area contributed by atoms with Gasteiger partial charge in [0.2, 0.25) is 11.8 Å². The molecule has 0 spiro atoms. The Kier molecular flexibility index (Phi) is 4.50. The van der Waals surface area contributed by atoms with E-state index in [9.17, 15) is 9.59 Å². The van der Waals surface area contributed by atoms with Crippen molar-refractivity contribution in [3.05, 3.63) is 55.0 Å². The number of hydrogen-bond acceptors (Lipinski definition) is 4. The molecule has 3 aromatic rings. The van der Waals surface area contributed by atoms with Crippen LogP contribution in [0, 0.1) is 5.92 Å². The summed E-state index contributed by atoms with van der Waals surface area (Å²) in [6, 6.07) is 13.2. The van der Waals surface area contributed by atoms with Gasteiger partial charge in [0, 0.05) is 31.1 Å². The maximum atomic E-state index is 12.8. The van der Waals surface area contributed by atoms with Crippen molar-refractivity contribution in [2.24, 2.45) is 5.92 Å². The van der Waals surface area contributed by atoms with Crippen LogP contribution in [0.5, 0.6) is 0 Å². The first-order valence-corrected chi connectivity index (χ1v) is 8.92. The zero-order valence-electron chi connectivity index (χ0n) is 15.0. The van der Waals surface area contributed by atoms with Crippen molar-refractivity contribution in [1.82, 2.24) is 14.7 Å². The molecule has 0 bridgehead atoms. The standard InChI is InChI=1S/C20H20N4O3/c1-2-23-12-15(10-19(23)25)20(26)21-18-11-17(14-8-9-27-13-14)22-24(18)16-6-4-3-5-7-16/h3-9,11,13,15H,2,10,12H2,1H3,(H,21,26). The Morgan fingerprint density at radius 2 is 2.11 bits per heavy atom. The van der Waals surface area contributed by atoms with Crippen LogP contribution in [0.25, 0.3) is 16.9 Å². The molecule has 1 aromatic carbocycles. The smallest absolute Gasteiger partial charge is 0.230 e. The van der Waals surface area contributed by atoms with Crippen LogP contribution in [0.3, 0.4) is 0 Å². The van der Waals surface area contributed by atoms with E-state index in [0.29, 0.717) is 24.6 Å². The summed E-state index contributed by atoms with van der Waals surface area (Å²) in [5, 5.41) is 7.56. The highest BCUT2D eigenvalue weighted by Gasteiger charge is 2.33. The Hall–Kier alpha value is -3.35. The third kappa shape index (κ3) is 3.36. The summed E-state index contributed by atoms with van der Waals surface area (Å²) in [4.78, 5) is 26.4. The van der Waals surface area contributed by atoms with Crippen molar-refractivity contribution in [3.8, 4) is 16.9 Å². The number of amides is 2. The van der Waals surface area contributed by atoms with Gasteiger partial charge in [-0.3, -0.25) is 9.59 Å². The molecule has 0 radical (unpaired) electrons. The second kappa shape index (κ2) is 7.11. The molecule has 1 aliphatic rings. The van der Waals surface area contributed by atoms with Gasteiger partial charge in [-0.1, -0.05) is 18.2 Å². The van der Waals surface area contributed by atoms with Gasteiger partial charge in [-0.15, -0.1) is 0 Å². The summed E-state index contributed by atoms with van der Waals surface area (Å²) in [5.74, 6) is 0.0576. The maximum Gasteiger partial charge on any atom is 0.230 e. The van der Waals surface area contributed by atoms with Gasteiger partial charge in [0.05, 0.1) is 29.8 Å². The molecule has 7 nitrogen and oxygen atoms in total. The molecular weight excluding hydrogens is 344 g/mol. The molecule has 2 amide bonds. The first kappa shape index (κ1) is 17.1. The molecule has 0 saturated carbocycles. The molecular formula is C20H20N4O3. The molecule has 1 unspecified atom stereocenters. The third-order valence-corrected chi connectivity index (χ3v) is 4.75. The number of aromatic nitrogens is 2. The predicted octanol–water partition coefficient (Wildman–Crippen LogP) is 2.94. The summed E-state index contributed by atoms with van der Waals surface area (Å²) in [6.45, 7) is 2.99. The minimum Gasteiger partial charge on any atom is -0.472 e. The molecule has 0 aliphatic carbocycles. The quantitative estimate of drug-likeness (QED) is 0.755. The predicted molar refractivity (Wildman–Crippen MR) is 100 cm³/mol. The highest BCUT2D eigenvalue weighted by atomic mass is 16.3. The van der Waals surface area contributed by atoms with Crippen LogP contribution in [0.4, 0.5) is 5.82 Å². The fourth-order valence-electron chi connectivity index (χ4n) is 3.27. The van der Waals surface area contributed by atoms with Gasteiger partial charge < -0.3 is 14.6 Å². The van der Waals surface area contributed by atoms with E-state index >= 15 is 0 Å². The molecule has 2 aromatic heterocycles. The van der Waals surface area contributed by atoms with Crippen LogP contribution in [0.1, 0.15) is 13.3 Å². The van der Waals surface area contributed by atoms with Gasteiger partial charge in [0.15, 0.2) is 0 Å². The number of para-hydroxylation sites is 1. The van der Waals surface area contributed by atoms with Gasteiger partial charge in [0.25, 0.3) is 0 Å². The zero-order valence-corrected chi connectivity index (χ0v) is 15.0. The minimum absolute atomic E-state index is 0.0216. The number of carbonyl (C=O) groups is 2. The number of anilines is 1.